The van der Waals surface area contributed by atoms with E-state index in [-0.39, 0.29) is 18.1 Å². The van der Waals surface area contributed by atoms with Crippen molar-refractivity contribution in [3.8, 4) is 23.0 Å². The lowest BCUT2D eigenvalue weighted by Crippen LogP contribution is -2.37. The lowest BCUT2D eigenvalue weighted by atomic mass is 9.84. The van der Waals surface area contributed by atoms with E-state index in [1.54, 1.807) is 12.1 Å². The Balaban J connectivity index is 1.49. The summed E-state index contributed by atoms with van der Waals surface area (Å²) in [5.74, 6) is 2.43. The zero-order valence-electron chi connectivity index (χ0n) is 14.8. The Kier molecular flexibility index (Phi) is 4.11. The molecule has 6 nitrogen and oxygen atoms in total. The molecule has 1 N–H and O–H groups in total. The van der Waals surface area contributed by atoms with Crippen LogP contribution in [0.25, 0.3) is 0 Å². The number of carbonyl (C=O) groups is 1. The van der Waals surface area contributed by atoms with E-state index >= 15 is 0 Å². The molecular weight excluding hydrogens is 334 g/mol. The van der Waals surface area contributed by atoms with Gasteiger partial charge in [0.15, 0.2) is 23.0 Å². The molecule has 0 saturated carbocycles. The second kappa shape index (κ2) is 6.44. The molecule has 0 unspecified atom stereocenters. The van der Waals surface area contributed by atoms with Crippen molar-refractivity contribution < 1.29 is 23.7 Å². The van der Waals surface area contributed by atoms with Gasteiger partial charge in [0.1, 0.15) is 13.2 Å². The molecule has 2 aliphatic rings. The number of benzene rings is 2. The van der Waals surface area contributed by atoms with Crippen molar-refractivity contribution >= 4 is 5.91 Å². The Morgan fingerprint density at radius 2 is 1.81 bits per heavy atom. The first kappa shape index (κ1) is 16.6. The molecule has 0 spiro atoms. The number of hydrogen-bond acceptors (Lipinski definition) is 5. The highest BCUT2D eigenvalue weighted by molar-refractivity contribution is 5.97. The van der Waals surface area contributed by atoms with Crippen molar-refractivity contribution in [2.75, 3.05) is 26.6 Å². The van der Waals surface area contributed by atoms with Gasteiger partial charge in [-0.2, -0.15) is 0 Å². The lowest BCUT2D eigenvalue weighted by Gasteiger charge is -2.26. The van der Waals surface area contributed by atoms with Crippen LogP contribution in [0.2, 0.25) is 0 Å². The van der Waals surface area contributed by atoms with Crippen LogP contribution in [0.3, 0.4) is 0 Å². The average Bonchev–Trinajstić information content (AvgIpc) is 3.13. The van der Waals surface area contributed by atoms with Gasteiger partial charge in [-0.1, -0.05) is 26.0 Å². The smallest absolute Gasteiger partial charge is 0.255 e. The van der Waals surface area contributed by atoms with Crippen molar-refractivity contribution in [2.45, 2.75) is 19.3 Å². The molecule has 2 heterocycles. The van der Waals surface area contributed by atoms with Crippen molar-refractivity contribution in [2.24, 2.45) is 0 Å². The fourth-order valence-electron chi connectivity index (χ4n) is 3.07. The van der Waals surface area contributed by atoms with Crippen LogP contribution in [0.5, 0.6) is 23.0 Å². The normalized spacial score (nSPS) is 14.8. The second-order valence-corrected chi connectivity index (χ2v) is 6.96. The SMILES string of the molecule is CC(C)(CNC(=O)c1cccc2c1OCCO2)c1ccc2c(c1)OCO2. The number of hydrogen-bond donors (Lipinski definition) is 1. The maximum atomic E-state index is 12.7. The van der Waals surface area contributed by atoms with Crippen LogP contribution in [0.4, 0.5) is 0 Å². The molecular formula is C20H21NO5. The lowest BCUT2D eigenvalue weighted by molar-refractivity contribution is 0.0934. The Morgan fingerprint density at radius 3 is 2.69 bits per heavy atom. The van der Waals surface area contributed by atoms with Crippen LogP contribution in [0, 0.1) is 0 Å². The summed E-state index contributed by atoms with van der Waals surface area (Å²) < 4.78 is 22.0. The third-order valence-electron chi connectivity index (χ3n) is 4.66. The van der Waals surface area contributed by atoms with Gasteiger partial charge in [0.05, 0.1) is 5.56 Å². The summed E-state index contributed by atoms with van der Waals surface area (Å²) in [6, 6.07) is 11.2. The molecule has 2 aromatic carbocycles. The number of fused-ring (bicyclic) bond motifs is 2. The molecule has 0 fully saturated rings. The highest BCUT2D eigenvalue weighted by Gasteiger charge is 2.26. The molecule has 0 atom stereocenters. The summed E-state index contributed by atoms with van der Waals surface area (Å²) in [6.45, 7) is 5.80. The predicted octanol–water partition coefficient (Wildman–Crippen LogP) is 2.89. The maximum Gasteiger partial charge on any atom is 0.255 e. The zero-order valence-corrected chi connectivity index (χ0v) is 14.8. The van der Waals surface area contributed by atoms with E-state index in [0.717, 1.165) is 17.1 Å². The van der Waals surface area contributed by atoms with Gasteiger partial charge in [-0.15, -0.1) is 0 Å². The van der Waals surface area contributed by atoms with Crippen LogP contribution >= 0.6 is 0 Å². The fourth-order valence-corrected chi connectivity index (χ4v) is 3.07. The van der Waals surface area contributed by atoms with Crippen LogP contribution in [0.15, 0.2) is 36.4 Å². The number of rotatable bonds is 4. The van der Waals surface area contributed by atoms with E-state index < -0.39 is 0 Å². The highest BCUT2D eigenvalue weighted by atomic mass is 16.7. The standard InChI is InChI=1S/C20H21NO5/c1-20(2,13-6-7-15-17(10-13)26-12-25-15)11-21-19(22)14-4-3-5-16-18(14)24-9-8-23-16/h3-7,10H,8-9,11-12H2,1-2H3,(H,21,22). The Labute approximate surface area is 152 Å². The summed E-state index contributed by atoms with van der Waals surface area (Å²) in [5, 5.41) is 3.01. The Hall–Kier alpha value is -2.89. The molecule has 0 radical (unpaired) electrons. The monoisotopic (exact) mass is 355 g/mol. The number of ether oxygens (including phenoxy) is 4. The van der Waals surface area contributed by atoms with Gasteiger partial charge in [0, 0.05) is 12.0 Å². The Morgan fingerprint density at radius 1 is 1.00 bits per heavy atom. The van der Waals surface area contributed by atoms with Gasteiger partial charge in [-0.25, -0.2) is 0 Å². The Bertz CT molecular complexity index is 846. The molecule has 0 bridgehead atoms. The van der Waals surface area contributed by atoms with E-state index in [4.69, 9.17) is 18.9 Å². The first-order valence-electron chi connectivity index (χ1n) is 8.61. The molecule has 6 heteroatoms. The van der Waals surface area contributed by atoms with Crippen molar-refractivity contribution in [3.05, 3.63) is 47.5 Å². The molecule has 0 saturated heterocycles. The highest BCUT2D eigenvalue weighted by Crippen LogP contribution is 2.37. The summed E-state index contributed by atoms with van der Waals surface area (Å²) in [6.07, 6.45) is 0. The van der Waals surface area contributed by atoms with Gasteiger partial charge < -0.3 is 24.3 Å². The van der Waals surface area contributed by atoms with Crippen LogP contribution in [0.1, 0.15) is 29.8 Å². The molecule has 4 rings (SSSR count). The fraction of sp³-hybridized carbons (Fsp3) is 0.350. The van der Waals surface area contributed by atoms with Crippen LogP contribution < -0.4 is 24.3 Å². The molecule has 136 valence electrons. The van der Waals surface area contributed by atoms with Crippen molar-refractivity contribution in [1.29, 1.82) is 0 Å². The zero-order chi connectivity index (χ0) is 18.1. The van der Waals surface area contributed by atoms with Gasteiger partial charge in [0.25, 0.3) is 5.91 Å². The molecule has 2 aliphatic heterocycles. The third-order valence-corrected chi connectivity index (χ3v) is 4.66. The van der Waals surface area contributed by atoms with Gasteiger partial charge in [-0.05, 0) is 29.8 Å². The van der Waals surface area contributed by atoms with E-state index in [9.17, 15) is 4.79 Å². The molecule has 0 aromatic heterocycles. The van der Waals surface area contributed by atoms with Gasteiger partial charge in [-0.3, -0.25) is 4.79 Å². The van der Waals surface area contributed by atoms with Gasteiger partial charge >= 0.3 is 0 Å². The largest absolute Gasteiger partial charge is 0.486 e. The van der Waals surface area contributed by atoms with E-state index in [1.807, 2.05) is 24.3 Å². The van der Waals surface area contributed by atoms with Crippen LogP contribution in [-0.2, 0) is 5.41 Å². The third kappa shape index (κ3) is 3.03. The number of carbonyl (C=O) groups excluding carboxylic acids is 1. The number of para-hydroxylation sites is 1. The molecule has 26 heavy (non-hydrogen) atoms. The maximum absolute atomic E-state index is 12.7. The summed E-state index contributed by atoms with van der Waals surface area (Å²) in [5.41, 5.74) is 1.28. The molecule has 2 aromatic rings. The molecule has 0 aliphatic carbocycles. The minimum atomic E-state index is -0.275. The summed E-state index contributed by atoms with van der Waals surface area (Å²) in [7, 11) is 0. The topological polar surface area (TPSA) is 66.0 Å². The summed E-state index contributed by atoms with van der Waals surface area (Å²) in [4.78, 5) is 12.7. The minimum absolute atomic E-state index is 0.179. The van der Waals surface area contributed by atoms with Crippen molar-refractivity contribution in [3.63, 3.8) is 0 Å². The number of nitrogens with one attached hydrogen (secondary N) is 1. The quantitative estimate of drug-likeness (QED) is 0.914. The molecule has 1 amide bonds. The first-order chi connectivity index (χ1) is 12.5. The predicted molar refractivity (Wildman–Crippen MR) is 95.4 cm³/mol. The van der Waals surface area contributed by atoms with Crippen molar-refractivity contribution in [1.82, 2.24) is 5.32 Å². The second-order valence-electron chi connectivity index (χ2n) is 6.96. The first-order valence-corrected chi connectivity index (χ1v) is 8.61. The number of amides is 1. The van der Waals surface area contributed by atoms with E-state index in [2.05, 4.69) is 19.2 Å². The van der Waals surface area contributed by atoms with Gasteiger partial charge in [0.2, 0.25) is 6.79 Å². The average molecular weight is 355 g/mol. The van der Waals surface area contributed by atoms with E-state index in [1.165, 1.54) is 0 Å². The summed E-state index contributed by atoms with van der Waals surface area (Å²) >= 11 is 0. The van der Waals surface area contributed by atoms with E-state index in [0.29, 0.717) is 36.8 Å². The minimum Gasteiger partial charge on any atom is -0.486 e. The van der Waals surface area contributed by atoms with Crippen LogP contribution in [-0.4, -0.2) is 32.5 Å².